The van der Waals surface area contributed by atoms with Crippen molar-refractivity contribution in [3.05, 3.63) is 35.9 Å². The van der Waals surface area contributed by atoms with Crippen LogP contribution in [0.3, 0.4) is 0 Å². The quantitative estimate of drug-likeness (QED) is 0.367. The van der Waals surface area contributed by atoms with E-state index in [2.05, 4.69) is 5.73 Å². The molecule has 23 heavy (non-hydrogen) atoms. The molecule has 128 valence electrons. The summed E-state index contributed by atoms with van der Waals surface area (Å²) in [7, 11) is 0. The molecular weight excluding hydrogens is 306 g/mol. The van der Waals surface area contributed by atoms with Crippen molar-refractivity contribution in [2.45, 2.75) is 43.2 Å². The van der Waals surface area contributed by atoms with Gasteiger partial charge in [0.2, 0.25) is 0 Å². The highest BCUT2D eigenvalue weighted by molar-refractivity contribution is 5.74. The maximum atomic E-state index is 11.9. The van der Waals surface area contributed by atoms with Crippen LogP contribution >= 0.6 is 0 Å². The van der Waals surface area contributed by atoms with Crippen LogP contribution in [0.4, 0.5) is 0 Å². The summed E-state index contributed by atoms with van der Waals surface area (Å²) >= 11 is 0. The Bertz CT molecular complexity index is 512. The predicted octanol–water partition coefficient (Wildman–Crippen LogP) is -2.82. The number of aliphatic hydroxyl groups is 4. The number of aliphatic hydroxyl groups excluding tert-OH is 4. The molecule has 1 aromatic rings. The van der Waals surface area contributed by atoms with Gasteiger partial charge in [-0.2, -0.15) is 0 Å². The highest BCUT2D eigenvalue weighted by Gasteiger charge is 2.43. The van der Waals surface area contributed by atoms with E-state index < -0.39 is 42.7 Å². The molecule has 0 bridgehead atoms. The van der Waals surface area contributed by atoms with Gasteiger partial charge in [0.15, 0.2) is 12.3 Å². The topological polar surface area (TPSA) is 144 Å². The Balaban J connectivity index is 1.84. The summed E-state index contributed by atoms with van der Waals surface area (Å²) < 4.78 is 9.96. The average molecular weight is 328 g/mol. The van der Waals surface area contributed by atoms with E-state index in [1.165, 1.54) is 0 Å². The summed E-state index contributed by atoms with van der Waals surface area (Å²) in [5, 5.41) is 38.1. The lowest BCUT2D eigenvalue weighted by Gasteiger charge is -2.37. The molecule has 1 aromatic carbocycles. The Morgan fingerprint density at radius 1 is 1.13 bits per heavy atom. The number of carbonyl (C=O) groups is 1. The second kappa shape index (κ2) is 7.82. The van der Waals surface area contributed by atoms with Gasteiger partial charge in [-0.15, -0.1) is 0 Å². The van der Waals surface area contributed by atoms with Gasteiger partial charge in [-0.05, 0) is 5.56 Å². The molecule has 8 heteroatoms. The van der Waals surface area contributed by atoms with E-state index in [4.69, 9.17) is 9.47 Å². The highest BCUT2D eigenvalue weighted by Crippen LogP contribution is 2.20. The number of hydrogen-bond acceptors (Lipinski definition) is 7. The molecule has 0 saturated carbocycles. The van der Waals surface area contributed by atoms with Crippen LogP contribution in [0.15, 0.2) is 30.3 Å². The Hall–Kier alpha value is -1.55. The van der Waals surface area contributed by atoms with E-state index >= 15 is 0 Å². The van der Waals surface area contributed by atoms with E-state index in [1.807, 2.05) is 30.3 Å². The molecule has 0 radical (unpaired) electrons. The molecule has 1 saturated heterocycles. The van der Waals surface area contributed by atoms with Gasteiger partial charge in [0.1, 0.15) is 31.0 Å². The Labute approximate surface area is 133 Å². The number of hydrogen-bond donors (Lipinski definition) is 5. The molecule has 8 nitrogen and oxygen atoms in total. The molecule has 6 atom stereocenters. The van der Waals surface area contributed by atoms with Crippen LogP contribution in [0.5, 0.6) is 0 Å². The third-order valence-corrected chi connectivity index (χ3v) is 3.74. The van der Waals surface area contributed by atoms with Crippen molar-refractivity contribution in [1.29, 1.82) is 0 Å². The van der Waals surface area contributed by atoms with E-state index in [0.29, 0.717) is 6.42 Å². The molecule has 0 unspecified atom stereocenters. The largest absolute Gasteiger partial charge is 0.458 e. The van der Waals surface area contributed by atoms with Gasteiger partial charge in [-0.1, -0.05) is 30.3 Å². The normalized spacial score (nSPS) is 32.3. The van der Waals surface area contributed by atoms with E-state index in [0.717, 1.165) is 5.56 Å². The van der Waals surface area contributed by atoms with Crippen molar-refractivity contribution in [3.63, 3.8) is 0 Å². The maximum absolute atomic E-state index is 11.9. The lowest BCUT2D eigenvalue weighted by Crippen LogP contribution is -2.66. The third kappa shape index (κ3) is 4.47. The van der Waals surface area contributed by atoms with Gasteiger partial charge >= 0.3 is 5.97 Å². The van der Waals surface area contributed by atoms with E-state index in [-0.39, 0.29) is 6.61 Å². The van der Waals surface area contributed by atoms with Crippen LogP contribution < -0.4 is 5.73 Å². The number of benzene rings is 1. The smallest absolute Gasteiger partial charge is 0.365 e. The minimum atomic E-state index is -1.66. The van der Waals surface area contributed by atoms with Crippen molar-refractivity contribution in [2.75, 3.05) is 6.61 Å². The summed E-state index contributed by atoms with van der Waals surface area (Å²) in [6.07, 6.45) is -7.05. The van der Waals surface area contributed by atoms with E-state index in [9.17, 15) is 25.2 Å². The van der Waals surface area contributed by atoms with E-state index in [1.54, 1.807) is 0 Å². The summed E-state index contributed by atoms with van der Waals surface area (Å²) in [4.78, 5) is 11.9. The summed E-state index contributed by atoms with van der Waals surface area (Å²) in [6, 6.07) is 8.67. The molecule has 1 aliphatic heterocycles. The lowest BCUT2D eigenvalue weighted by atomic mass is 9.99. The fourth-order valence-electron chi connectivity index (χ4n) is 2.33. The molecule has 7 N–H and O–H groups in total. The summed E-state index contributed by atoms with van der Waals surface area (Å²) in [5.41, 5.74) is 4.68. The Morgan fingerprint density at radius 2 is 1.78 bits per heavy atom. The first-order chi connectivity index (χ1) is 10.9. The fourth-order valence-corrected chi connectivity index (χ4v) is 2.33. The number of ether oxygens (including phenoxy) is 2. The molecule has 0 aromatic heterocycles. The molecular formula is C15H22NO7+. The number of rotatable bonds is 5. The van der Waals surface area contributed by atoms with Gasteiger partial charge in [-0.3, -0.25) is 0 Å². The number of esters is 1. The van der Waals surface area contributed by atoms with Crippen LogP contribution in [-0.2, 0) is 20.7 Å². The summed E-state index contributed by atoms with van der Waals surface area (Å²) in [5.74, 6) is -0.584. The average Bonchev–Trinajstić information content (AvgIpc) is 2.55. The van der Waals surface area contributed by atoms with Gasteiger partial charge in [0.05, 0.1) is 0 Å². The molecule has 0 spiro atoms. The molecule has 2 rings (SSSR count). The third-order valence-electron chi connectivity index (χ3n) is 3.74. The van der Waals surface area contributed by atoms with Crippen LogP contribution in [0.25, 0.3) is 0 Å². The molecule has 1 fully saturated rings. The van der Waals surface area contributed by atoms with Crippen molar-refractivity contribution in [3.8, 4) is 0 Å². The van der Waals surface area contributed by atoms with Gasteiger partial charge in [0, 0.05) is 6.42 Å². The zero-order valence-electron chi connectivity index (χ0n) is 12.5. The number of carbonyl (C=O) groups excluding carboxylic acids is 1. The first kappa shape index (κ1) is 17.8. The fraction of sp³-hybridized carbons (Fsp3) is 0.533. The molecule has 1 aliphatic rings. The van der Waals surface area contributed by atoms with Crippen LogP contribution in [0, 0.1) is 0 Å². The molecule has 0 amide bonds. The Kier molecular flexibility index (Phi) is 6.05. The van der Waals surface area contributed by atoms with Crippen LogP contribution in [-0.4, -0.2) is 69.8 Å². The Morgan fingerprint density at radius 3 is 2.43 bits per heavy atom. The zero-order valence-corrected chi connectivity index (χ0v) is 12.5. The SMILES string of the molecule is [NH3+][C@H](Cc1ccccc1)C(=O)OC[C@@H]1O[C@H](O)[C@H](O)[C@@H](O)[C@H]1O. The first-order valence-corrected chi connectivity index (χ1v) is 7.31. The molecule has 0 aliphatic carbocycles. The maximum Gasteiger partial charge on any atom is 0.365 e. The van der Waals surface area contributed by atoms with Crippen LogP contribution in [0.2, 0.25) is 0 Å². The van der Waals surface area contributed by atoms with Gasteiger partial charge in [-0.25, -0.2) is 4.79 Å². The monoisotopic (exact) mass is 328 g/mol. The molecule has 1 heterocycles. The lowest BCUT2D eigenvalue weighted by molar-refractivity contribution is -0.408. The second-order valence-corrected chi connectivity index (χ2v) is 5.55. The van der Waals surface area contributed by atoms with Crippen LogP contribution in [0.1, 0.15) is 5.56 Å². The second-order valence-electron chi connectivity index (χ2n) is 5.55. The predicted molar refractivity (Wildman–Crippen MR) is 76.7 cm³/mol. The van der Waals surface area contributed by atoms with Crippen molar-refractivity contribution in [1.82, 2.24) is 0 Å². The standard InChI is InChI=1S/C15H21NO7/c16-9(6-8-4-2-1-3-5-8)14(20)22-7-10-11(17)12(18)13(19)15(21)23-10/h1-5,9-13,15,17-19,21H,6-7,16H2/p+1/t9-,10+,11+,12+,13-,15+/m1/s1. The highest BCUT2D eigenvalue weighted by atomic mass is 16.6. The van der Waals surface area contributed by atoms with Gasteiger partial charge < -0.3 is 35.6 Å². The van der Waals surface area contributed by atoms with Crippen molar-refractivity contribution < 1.29 is 40.4 Å². The van der Waals surface area contributed by atoms with Crippen molar-refractivity contribution in [2.24, 2.45) is 0 Å². The summed E-state index contributed by atoms with van der Waals surface area (Å²) in [6.45, 7) is -0.359. The minimum Gasteiger partial charge on any atom is -0.458 e. The minimum absolute atomic E-state index is 0.359. The zero-order chi connectivity index (χ0) is 17.0. The number of quaternary nitrogens is 1. The van der Waals surface area contributed by atoms with Crippen molar-refractivity contribution >= 4 is 5.97 Å². The first-order valence-electron chi connectivity index (χ1n) is 7.31. The van der Waals surface area contributed by atoms with Gasteiger partial charge in [0.25, 0.3) is 0 Å².